The van der Waals surface area contributed by atoms with Crippen LogP contribution in [0.15, 0.2) is 12.1 Å². The Bertz CT molecular complexity index is 1330. The molecule has 5 nitrogen and oxygen atoms in total. The summed E-state index contributed by atoms with van der Waals surface area (Å²) >= 11 is 0. The molecule has 2 aromatic carbocycles. The standard InChI is InChI=1S/C19H6F9N3O2.Cu/c1-5-10(17(32)6-2-8(20)7(4-29)9(21)3-6)18(33)31(30-5)16-14(24)12(22)11(19(26,27)28)13(23)15(16)25;/h2-3,33H,1H3;. The first-order valence-electron chi connectivity index (χ1n) is 8.38. The monoisotopic (exact) mass is 542 g/mol. The van der Waals surface area contributed by atoms with Crippen LogP contribution in [0.2, 0.25) is 0 Å². The summed E-state index contributed by atoms with van der Waals surface area (Å²) in [6.07, 6.45) is -5.82. The van der Waals surface area contributed by atoms with Gasteiger partial charge < -0.3 is 5.11 Å². The van der Waals surface area contributed by atoms with E-state index in [1.807, 2.05) is 0 Å². The minimum atomic E-state index is -5.82. The number of halogens is 9. The third-order valence-corrected chi connectivity index (χ3v) is 4.41. The second kappa shape index (κ2) is 9.03. The second-order valence-corrected chi connectivity index (χ2v) is 6.43. The van der Waals surface area contributed by atoms with Crippen molar-refractivity contribution < 1.29 is 66.5 Å². The van der Waals surface area contributed by atoms with Crippen LogP contribution in [0.5, 0.6) is 5.88 Å². The maximum Gasteiger partial charge on any atom is 0.422 e. The van der Waals surface area contributed by atoms with Crippen molar-refractivity contribution in [1.82, 2.24) is 9.78 Å². The molecule has 0 fully saturated rings. The molecule has 0 spiro atoms. The number of carbonyl (C=O) groups is 1. The fourth-order valence-corrected chi connectivity index (χ4v) is 2.95. The fourth-order valence-electron chi connectivity index (χ4n) is 2.95. The Hall–Kier alpha value is -3.50. The van der Waals surface area contributed by atoms with Crippen molar-refractivity contribution in [2.75, 3.05) is 0 Å². The SMILES string of the molecule is Cc1nn(-c2c(F)c(F)c(C(F)(F)F)c(F)c2F)c(O)c1C(=O)c1cc(F)c(C#N)c(F)c1.[Cu]. The van der Waals surface area contributed by atoms with Crippen LogP contribution < -0.4 is 0 Å². The number of nitrogens with zero attached hydrogens (tertiary/aromatic N) is 3. The summed E-state index contributed by atoms with van der Waals surface area (Å²) < 4.78 is 122. The van der Waals surface area contributed by atoms with Gasteiger partial charge in [0.25, 0.3) is 0 Å². The first kappa shape index (κ1) is 26.7. The number of benzene rings is 2. The Morgan fingerprint density at radius 2 is 1.47 bits per heavy atom. The first-order valence-corrected chi connectivity index (χ1v) is 8.38. The van der Waals surface area contributed by atoms with E-state index in [2.05, 4.69) is 5.10 Å². The summed E-state index contributed by atoms with van der Waals surface area (Å²) in [5.74, 6) is -16.7. The van der Waals surface area contributed by atoms with E-state index in [-0.39, 0.29) is 21.8 Å². The van der Waals surface area contributed by atoms with Crippen LogP contribution in [0.3, 0.4) is 0 Å². The summed E-state index contributed by atoms with van der Waals surface area (Å²) in [6, 6.07) is 2.00. The molecule has 0 atom stereocenters. The third-order valence-electron chi connectivity index (χ3n) is 4.41. The number of ketones is 1. The third kappa shape index (κ3) is 4.10. The van der Waals surface area contributed by atoms with Gasteiger partial charge in [-0.15, -0.1) is 0 Å². The molecule has 0 saturated carbocycles. The zero-order chi connectivity index (χ0) is 25.0. The molecule has 0 aliphatic heterocycles. The number of aromatic hydroxyl groups is 1. The Morgan fingerprint density at radius 1 is 1.00 bits per heavy atom. The maximum absolute atomic E-state index is 14.3. The topological polar surface area (TPSA) is 78.9 Å². The van der Waals surface area contributed by atoms with Gasteiger partial charge in [0.05, 0.1) is 5.69 Å². The number of hydrogen-bond acceptors (Lipinski definition) is 4. The number of nitriles is 1. The molecule has 0 unspecified atom stereocenters. The minimum Gasteiger partial charge on any atom is -0.493 e. The maximum atomic E-state index is 14.3. The normalized spacial score (nSPS) is 11.2. The largest absolute Gasteiger partial charge is 0.493 e. The fraction of sp³-hybridized carbons (Fsp3) is 0.105. The molecule has 183 valence electrons. The summed E-state index contributed by atoms with van der Waals surface area (Å²) in [5.41, 5.74) is -8.16. The van der Waals surface area contributed by atoms with Crippen molar-refractivity contribution >= 4 is 5.78 Å². The molecular weight excluding hydrogens is 537 g/mol. The smallest absolute Gasteiger partial charge is 0.422 e. The van der Waals surface area contributed by atoms with Crippen molar-refractivity contribution in [3.05, 3.63) is 75.0 Å². The van der Waals surface area contributed by atoms with Gasteiger partial charge in [0, 0.05) is 22.6 Å². The van der Waals surface area contributed by atoms with E-state index in [0.717, 1.165) is 6.92 Å². The molecule has 1 N–H and O–H groups in total. The van der Waals surface area contributed by atoms with Crippen LogP contribution in [-0.2, 0) is 23.2 Å². The Balaban J connectivity index is 0.00000408. The van der Waals surface area contributed by atoms with Crippen molar-refractivity contribution in [3.8, 4) is 17.6 Å². The van der Waals surface area contributed by atoms with Crippen molar-refractivity contribution in [2.24, 2.45) is 0 Å². The predicted octanol–water partition coefficient (Wildman–Crippen LogP) is 4.84. The van der Waals surface area contributed by atoms with Gasteiger partial charge in [-0.3, -0.25) is 4.79 Å². The van der Waals surface area contributed by atoms with Crippen LogP contribution in [-0.4, -0.2) is 20.7 Å². The average molecular weight is 543 g/mol. The van der Waals surface area contributed by atoms with Gasteiger partial charge in [-0.2, -0.15) is 28.2 Å². The van der Waals surface area contributed by atoms with E-state index in [4.69, 9.17) is 5.26 Å². The van der Waals surface area contributed by atoms with Crippen LogP contribution in [0.1, 0.15) is 32.7 Å². The van der Waals surface area contributed by atoms with E-state index in [9.17, 15) is 49.4 Å². The van der Waals surface area contributed by atoms with Crippen LogP contribution >= 0.6 is 0 Å². The van der Waals surface area contributed by atoms with Gasteiger partial charge >= 0.3 is 6.18 Å². The molecule has 34 heavy (non-hydrogen) atoms. The van der Waals surface area contributed by atoms with Crippen LogP contribution in [0, 0.1) is 53.2 Å². The van der Waals surface area contributed by atoms with E-state index < -0.39 is 86.4 Å². The second-order valence-electron chi connectivity index (χ2n) is 6.43. The van der Waals surface area contributed by atoms with E-state index in [1.165, 1.54) is 6.07 Å². The summed E-state index contributed by atoms with van der Waals surface area (Å²) in [5, 5.41) is 22.2. The van der Waals surface area contributed by atoms with Gasteiger partial charge in [0.2, 0.25) is 11.7 Å². The zero-order valence-corrected chi connectivity index (χ0v) is 17.0. The molecule has 0 bridgehead atoms. The Labute approximate surface area is 193 Å². The number of aromatic nitrogens is 2. The van der Waals surface area contributed by atoms with Crippen molar-refractivity contribution in [2.45, 2.75) is 13.1 Å². The van der Waals surface area contributed by atoms with Gasteiger partial charge in [0.1, 0.15) is 40.1 Å². The average Bonchev–Trinajstić information content (AvgIpc) is 2.99. The minimum absolute atomic E-state index is 0. The summed E-state index contributed by atoms with van der Waals surface area (Å²) in [6.45, 7) is 0.937. The predicted molar refractivity (Wildman–Crippen MR) is 89.3 cm³/mol. The van der Waals surface area contributed by atoms with Gasteiger partial charge in [0.15, 0.2) is 23.3 Å². The number of aryl methyl sites for hydroxylation is 1. The quantitative estimate of drug-likeness (QED) is 0.222. The molecule has 1 heterocycles. The van der Waals surface area contributed by atoms with E-state index in [0.29, 0.717) is 12.1 Å². The number of carbonyl (C=O) groups excluding carboxylic acids is 1. The van der Waals surface area contributed by atoms with Gasteiger partial charge in [-0.25, -0.2) is 26.3 Å². The molecule has 0 saturated heterocycles. The van der Waals surface area contributed by atoms with Crippen molar-refractivity contribution in [3.63, 3.8) is 0 Å². The van der Waals surface area contributed by atoms with Crippen molar-refractivity contribution in [1.29, 1.82) is 5.26 Å². The number of rotatable bonds is 3. The Morgan fingerprint density at radius 3 is 1.88 bits per heavy atom. The molecule has 0 aliphatic rings. The zero-order valence-electron chi connectivity index (χ0n) is 16.1. The first-order chi connectivity index (χ1) is 15.2. The van der Waals surface area contributed by atoms with Gasteiger partial charge in [-0.05, 0) is 19.1 Å². The number of hydrogen-bond donors (Lipinski definition) is 1. The molecule has 1 aromatic heterocycles. The van der Waals surface area contributed by atoms with E-state index >= 15 is 0 Å². The summed E-state index contributed by atoms with van der Waals surface area (Å²) in [7, 11) is 0. The van der Waals surface area contributed by atoms with Crippen LogP contribution in [0.4, 0.5) is 39.5 Å². The number of alkyl halides is 3. The summed E-state index contributed by atoms with van der Waals surface area (Å²) in [4.78, 5) is 12.6. The molecular formula is C19H6CuF9N3O2. The molecule has 0 aliphatic carbocycles. The molecule has 0 amide bonds. The molecule has 3 rings (SSSR count). The Kier molecular flexibility index (Phi) is 7.11. The van der Waals surface area contributed by atoms with Gasteiger partial charge in [-0.1, -0.05) is 0 Å². The molecule has 1 radical (unpaired) electrons. The molecule has 3 aromatic rings. The van der Waals surface area contributed by atoms with E-state index in [1.54, 1.807) is 0 Å². The molecule has 15 heteroatoms. The van der Waals surface area contributed by atoms with Crippen LogP contribution in [0.25, 0.3) is 5.69 Å².